The minimum Gasteiger partial charge on any atom is -0.222 e. The second-order valence-corrected chi connectivity index (χ2v) is 6.65. The lowest BCUT2D eigenvalue weighted by Crippen LogP contribution is -2.00. The van der Waals surface area contributed by atoms with Crippen molar-refractivity contribution in [2.45, 2.75) is 51.3 Å². The first-order valence-corrected chi connectivity index (χ1v) is 8.43. The Kier molecular flexibility index (Phi) is 4.28. The Morgan fingerprint density at radius 1 is 1.14 bits per heavy atom. The molecule has 0 unspecified atom stereocenters. The predicted molar refractivity (Wildman–Crippen MR) is 88.8 cm³/mol. The van der Waals surface area contributed by atoms with Crippen molar-refractivity contribution in [3.8, 4) is 5.69 Å². The smallest absolute Gasteiger partial charge is 0.137 e. The van der Waals surface area contributed by atoms with Crippen LogP contribution >= 0.6 is 23.2 Å². The summed E-state index contributed by atoms with van der Waals surface area (Å²) in [6.45, 7) is 4.18. The van der Waals surface area contributed by atoms with Crippen LogP contribution in [0.5, 0.6) is 0 Å². The molecule has 1 fully saturated rings. The van der Waals surface area contributed by atoms with Gasteiger partial charge in [0.15, 0.2) is 0 Å². The van der Waals surface area contributed by atoms with Crippen molar-refractivity contribution in [2.75, 3.05) is 0 Å². The van der Waals surface area contributed by atoms with E-state index in [0.717, 1.165) is 16.9 Å². The van der Waals surface area contributed by atoms with Crippen molar-refractivity contribution < 1.29 is 0 Å². The average Bonchev–Trinajstić information content (AvgIpc) is 3.04. The van der Waals surface area contributed by atoms with Crippen LogP contribution in [0.15, 0.2) is 18.2 Å². The summed E-state index contributed by atoms with van der Waals surface area (Å²) in [6.07, 6.45) is 4.95. The van der Waals surface area contributed by atoms with E-state index in [9.17, 15) is 0 Å². The standard InChI is InChI=1S/C17H20Cl2N2/c1-11-7-12(2)9-14(8-11)21-17(19)15(10-18)16(20-21)13-5-3-4-6-13/h7-9,13H,3-6,10H2,1-2H3. The van der Waals surface area contributed by atoms with Gasteiger partial charge in [-0.05, 0) is 49.9 Å². The summed E-state index contributed by atoms with van der Waals surface area (Å²) in [4.78, 5) is 0. The van der Waals surface area contributed by atoms with E-state index < -0.39 is 0 Å². The molecule has 2 nitrogen and oxygen atoms in total. The zero-order chi connectivity index (χ0) is 15.0. The summed E-state index contributed by atoms with van der Waals surface area (Å²) in [6, 6.07) is 6.38. The molecule has 1 aromatic carbocycles. The van der Waals surface area contributed by atoms with Crippen molar-refractivity contribution >= 4 is 23.2 Å². The fraction of sp³-hybridized carbons (Fsp3) is 0.471. The van der Waals surface area contributed by atoms with Crippen LogP contribution < -0.4 is 0 Å². The monoisotopic (exact) mass is 322 g/mol. The maximum Gasteiger partial charge on any atom is 0.137 e. The van der Waals surface area contributed by atoms with Crippen molar-refractivity contribution in [3.63, 3.8) is 0 Å². The van der Waals surface area contributed by atoms with Gasteiger partial charge in [0.1, 0.15) is 5.15 Å². The van der Waals surface area contributed by atoms with Crippen molar-refractivity contribution in [2.24, 2.45) is 0 Å². The van der Waals surface area contributed by atoms with Gasteiger partial charge in [-0.1, -0.05) is 30.5 Å². The fourth-order valence-corrected chi connectivity index (χ4v) is 3.97. The maximum atomic E-state index is 6.56. The largest absolute Gasteiger partial charge is 0.222 e. The molecule has 0 radical (unpaired) electrons. The van der Waals surface area contributed by atoms with Crippen LogP contribution in [-0.4, -0.2) is 9.78 Å². The van der Waals surface area contributed by atoms with E-state index in [1.807, 2.05) is 4.68 Å². The molecule has 4 heteroatoms. The number of aromatic nitrogens is 2. The number of benzene rings is 1. The number of hydrogen-bond donors (Lipinski definition) is 0. The van der Waals surface area contributed by atoms with Gasteiger partial charge >= 0.3 is 0 Å². The van der Waals surface area contributed by atoms with Crippen molar-refractivity contribution in [1.29, 1.82) is 0 Å². The molecule has 0 saturated heterocycles. The normalized spacial score (nSPS) is 15.8. The lowest BCUT2D eigenvalue weighted by Gasteiger charge is -2.07. The van der Waals surface area contributed by atoms with Crippen LogP contribution in [0.25, 0.3) is 5.69 Å². The second-order valence-electron chi connectivity index (χ2n) is 6.03. The minimum absolute atomic E-state index is 0.426. The zero-order valence-electron chi connectivity index (χ0n) is 12.5. The molecule has 1 aliphatic carbocycles. The van der Waals surface area contributed by atoms with Gasteiger partial charge in [-0.3, -0.25) is 0 Å². The molecule has 112 valence electrons. The molecule has 21 heavy (non-hydrogen) atoms. The predicted octanol–water partition coefficient (Wildman–Crippen LogP) is 5.54. The molecule has 0 spiro atoms. The third-order valence-corrected chi connectivity index (χ3v) is 4.93. The van der Waals surface area contributed by atoms with Gasteiger partial charge in [0.25, 0.3) is 0 Å². The van der Waals surface area contributed by atoms with E-state index in [0.29, 0.717) is 17.0 Å². The lowest BCUT2D eigenvalue weighted by molar-refractivity contribution is 0.675. The second kappa shape index (κ2) is 6.02. The Bertz CT molecular complexity index is 635. The highest BCUT2D eigenvalue weighted by molar-refractivity contribution is 6.31. The van der Waals surface area contributed by atoms with Crippen LogP contribution in [0.3, 0.4) is 0 Å². The molecule has 1 aromatic heterocycles. The number of rotatable bonds is 3. The molecule has 0 atom stereocenters. The van der Waals surface area contributed by atoms with Gasteiger partial charge in [0.05, 0.1) is 17.3 Å². The quantitative estimate of drug-likeness (QED) is 0.678. The zero-order valence-corrected chi connectivity index (χ0v) is 14.0. The average molecular weight is 323 g/mol. The maximum absolute atomic E-state index is 6.56. The Morgan fingerprint density at radius 2 is 1.76 bits per heavy atom. The van der Waals surface area contributed by atoms with Crippen molar-refractivity contribution in [3.05, 3.63) is 45.7 Å². The van der Waals surface area contributed by atoms with Gasteiger partial charge in [-0.2, -0.15) is 5.10 Å². The Labute approximate surface area is 136 Å². The summed E-state index contributed by atoms with van der Waals surface area (Å²) in [5.74, 6) is 0.943. The highest BCUT2D eigenvalue weighted by Crippen LogP contribution is 2.38. The van der Waals surface area contributed by atoms with E-state index in [1.54, 1.807) is 0 Å². The van der Waals surface area contributed by atoms with Crippen LogP contribution in [0.4, 0.5) is 0 Å². The molecule has 0 amide bonds. The van der Waals surface area contributed by atoms with Crippen LogP contribution in [0.2, 0.25) is 5.15 Å². The molecular formula is C17H20Cl2N2. The molecule has 0 N–H and O–H groups in total. The summed E-state index contributed by atoms with van der Waals surface area (Å²) in [5, 5.41) is 5.48. The van der Waals surface area contributed by atoms with Crippen LogP contribution in [0, 0.1) is 13.8 Å². The Hall–Kier alpha value is -0.990. The highest BCUT2D eigenvalue weighted by Gasteiger charge is 2.26. The van der Waals surface area contributed by atoms with E-state index in [-0.39, 0.29) is 0 Å². The Balaban J connectivity index is 2.10. The summed E-state index contributed by atoms with van der Waals surface area (Å²) in [5.41, 5.74) is 5.56. The first kappa shape index (κ1) is 14.9. The van der Waals surface area contributed by atoms with Crippen LogP contribution in [0.1, 0.15) is 54.0 Å². The third kappa shape index (κ3) is 2.84. The van der Waals surface area contributed by atoms with E-state index in [1.165, 1.54) is 36.8 Å². The molecule has 3 rings (SSSR count). The fourth-order valence-electron chi connectivity index (χ4n) is 3.34. The van der Waals surface area contributed by atoms with E-state index in [2.05, 4.69) is 32.0 Å². The number of nitrogens with zero attached hydrogens (tertiary/aromatic N) is 2. The first-order chi connectivity index (χ1) is 10.1. The molecule has 1 aliphatic rings. The summed E-state index contributed by atoms with van der Waals surface area (Å²) in [7, 11) is 0. The van der Waals surface area contributed by atoms with E-state index >= 15 is 0 Å². The van der Waals surface area contributed by atoms with E-state index in [4.69, 9.17) is 28.3 Å². The molecule has 1 saturated carbocycles. The SMILES string of the molecule is Cc1cc(C)cc(-n2nc(C3CCCC3)c(CCl)c2Cl)c1. The topological polar surface area (TPSA) is 17.8 Å². The van der Waals surface area contributed by atoms with Gasteiger partial charge in [0.2, 0.25) is 0 Å². The van der Waals surface area contributed by atoms with Crippen LogP contribution in [-0.2, 0) is 5.88 Å². The highest BCUT2D eigenvalue weighted by atomic mass is 35.5. The number of hydrogen-bond acceptors (Lipinski definition) is 1. The molecular weight excluding hydrogens is 303 g/mol. The molecule has 1 heterocycles. The van der Waals surface area contributed by atoms with Gasteiger partial charge < -0.3 is 0 Å². The lowest BCUT2D eigenvalue weighted by atomic mass is 10.0. The molecule has 2 aromatic rings. The Morgan fingerprint density at radius 3 is 2.33 bits per heavy atom. The number of alkyl halides is 1. The van der Waals surface area contributed by atoms with Gasteiger partial charge in [-0.15, -0.1) is 11.6 Å². The van der Waals surface area contributed by atoms with Crippen molar-refractivity contribution in [1.82, 2.24) is 9.78 Å². The number of halogens is 2. The molecule has 0 bridgehead atoms. The summed E-state index contributed by atoms with van der Waals surface area (Å²) >= 11 is 12.7. The minimum atomic E-state index is 0.426. The third-order valence-electron chi connectivity index (χ3n) is 4.28. The van der Waals surface area contributed by atoms with Gasteiger partial charge in [0, 0.05) is 11.5 Å². The molecule has 0 aliphatic heterocycles. The number of aryl methyl sites for hydroxylation is 2. The summed E-state index contributed by atoms with van der Waals surface area (Å²) < 4.78 is 1.85. The first-order valence-electron chi connectivity index (χ1n) is 7.52. The van der Waals surface area contributed by atoms with Gasteiger partial charge in [-0.25, -0.2) is 4.68 Å².